The molecular formula is C37H30N4. The molecule has 0 saturated carbocycles. The van der Waals surface area contributed by atoms with Gasteiger partial charge >= 0.3 is 0 Å². The number of anilines is 1. The molecule has 3 aromatic carbocycles. The number of aromatic nitrogens is 2. The van der Waals surface area contributed by atoms with Crippen LogP contribution < -0.4 is 10.7 Å². The highest BCUT2D eigenvalue weighted by Gasteiger charge is 2.38. The second-order valence-corrected chi connectivity index (χ2v) is 11.0. The van der Waals surface area contributed by atoms with Crippen LogP contribution in [0.4, 0.5) is 5.69 Å². The quantitative estimate of drug-likeness (QED) is 0.189. The molecule has 2 atom stereocenters. The summed E-state index contributed by atoms with van der Waals surface area (Å²) in [4.78, 5) is 2.51. The summed E-state index contributed by atoms with van der Waals surface area (Å²) in [5.41, 5.74) is 9.86. The van der Waals surface area contributed by atoms with Gasteiger partial charge in [-0.05, 0) is 67.8 Å². The van der Waals surface area contributed by atoms with Crippen LogP contribution in [0.3, 0.4) is 0 Å². The van der Waals surface area contributed by atoms with Gasteiger partial charge in [-0.1, -0.05) is 72.7 Å². The summed E-state index contributed by atoms with van der Waals surface area (Å²) >= 11 is 0. The maximum Gasteiger partial charge on any atom is 0.105 e. The van der Waals surface area contributed by atoms with Gasteiger partial charge in [0.1, 0.15) is 5.69 Å². The molecule has 2 N–H and O–H groups in total. The molecule has 198 valence electrons. The summed E-state index contributed by atoms with van der Waals surface area (Å²) in [5.74, 6) is 10.2. The van der Waals surface area contributed by atoms with Gasteiger partial charge in [-0.3, -0.25) is 4.68 Å². The fourth-order valence-corrected chi connectivity index (χ4v) is 7.08. The smallest absolute Gasteiger partial charge is 0.105 e. The zero-order valence-electron chi connectivity index (χ0n) is 23.0. The second-order valence-electron chi connectivity index (χ2n) is 11.0. The third-order valence-corrected chi connectivity index (χ3v) is 8.84. The third kappa shape index (κ3) is 3.30. The number of hydrogen-bond acceptors (Lipinski definition) is 2. The number of benzene rings is 3. The third-order valence-electron chi connectivity index (χ3n) is 8.84. The lowest BCUT2D eigenvalue weighted by Gasteiger charge is -2.30. The molecule has 0 amide bonds. The molecule has 4 nitrogen and oxygen atoms in total. The lowest BCUT2D eigenvalue weighted by molar-refractivity contribution is 0.725. The SMILES string of the molecule is C#Cc1c(/C=C\C)c2cc3c4cc5c(cc4n(N)c3cc2n1-c1ccccc1)C1C=CC=CC1N5C1=CCCC=C1. The van der Waals surface area contributed by atoms with Gasteiger partial charge in [0.2, 0.25) is 0 Å². The van der Waals surface area contributed by atoms with Gasteiger partial charge in [0, 0.05) is 44.7 Å². The first-order chi connectivity index (χ1) is 20.2. The number of terminal acetylenes is 1. The van der Waals surface area contributed by atoms with Crippen LogP contribution in [-0.2, 0) is 0 Å². The van der Waals surface area contributed by atoms with Crippen LogP contribution in [0.25, 0.3) is 44.5 Å². The second kappa shape index (κ2) is 8.94. The average molecular weight is 531 g/mol. The molecule has 5 aromatic rings. The van der Waals surface area contributed by atoms with E-state index in [1.807, 2.05) is 29.8 Å². The van der Waals surface area contributed by atoms with Crippen LogP contribution in [0.5, 0.6) is 0 Å². The Morgan fingerprint density at radius 3 is 2.51 bits per heavy atom. The maximum atomic E-state index is 6.91. The van der Waals surface area contributed by atoms with Gasteiger partial charge in [0.25, 0.3) is 0 Å². The Labute approximate surface area is 239 Å². The standard InChI is InChI=1S/C37H30N4/c1-3-13-26-28-20-29-31-21-34-30(27-18-11-12-19-33(27)40(34)25-16-9-6-10-17-25)22-36(31)41(38)37(29)23-35(28)39(32(26)4-2)24-14-7-5-8-15-24/h2-3,5,7-9,11-23,27,33H,6,10,38H2,1H3/b13-3-. The summed E-state index contributed by atoms with van der Waals surface area (Å²) in [7, 11) is 0. The van der Waals surface area contributed by atoms with E-state index < -0.39 is 0 Å². The number of nitrogen functional groups attached to an aromatic ring is 1. The van der Waals surface area contributed by atoms with Crippen molar-refractivity contribution in [2.24, 2.45) is 0 Å². The lowest BCUT2D eigenvalue weighted by Crippen LogP contribution is -2.31. The van der Waals surface area contributed by atoms with Crippen LogP contribution in [0.2, 0.25) is 0 Å². The van der Waals surface area contributed by atoms with Gasteiger partial charge < -0.3 is 15.3 Å². The van der Waals surface area contributed by atoms with E-state index >= 15 is 0 Å². The van der Waals surface area contributed by atoms with Gasteiger partial charge in [-0.2, -0.15) is 0 Å². The maximum absolute atomic E-state index is 6.91. The molecule has 3 heterocycles. The molecule has 0 fully saturated rings. The van der Waals surface area contributed by atoms with E-state index in [2.05, 4.69) is 106 Å². The lowest BCUT2D eigenvalue weighted by atomic mass is 9.91. The molecule has 2 aromatic heterocycles. The van der Waals surface area contributed by atoms with Crippen LogP contribution in [0.1, 0.15) is 42.5 Å². The molecule has 8 rings (SSSR count). The molecule has 2 aliphatic carbocycles. The van der Waals surface area contributed by atoms with Crippen molar-refractivity contribution in [2.75, 3.05) is 10.7 Å². The van der Waals surface area contributed by atoms with Crippen LogP contribution >= 0.6 is 0 Å². The Morgan fingerprint density at radius 2 is 1.73 bits per heavy atom. The van der Waals surface area contributed by atoms with Crippen molar-refractivity contribution in [3.05, 3.63) is 126 Å². The summed E-state index contributed by atoms with van der Waals surface area (Å²) < 4.78 is 4.03. The van der Waals surface area contributed by atoms with E-state index in [1.54, 1.807) is 0 Å². The number of hydrogen-bond donors (Lipinski definition) is 1. The molecule has 41 heavy (non-hydrogen) atoms. The molecule has 3 aliphatic rings. The normalized spacial score (nSPS) is 19.4. The number of allylic oxidation sites excluding steroid dienone is 6. The number of para-hydroxylation sites is 1. The zero-order valence-corrected chi connectivity index (χ0v) is 23.0. The van der Waals surface area contributed by atoms with Crippen molar-refractivity contribution < 1.29 is 0 Å². The molecule has 2 unspecified atom stereocenters. The molecular weight excluding hydrogens is 500 g/mol. The predicted molar refractivity (Wildman–Crippen MR) is 173 cm³/mol. The fourth-order valence-electron chi connectivity index (χ4n) is 7.08. The Bertz CT molecular complexity index is 2090. The minimum absolute atomic E-state index is 0.263. The molecule has 0 saturated heterocycles. The number of fused-ring (bicyclic) bond motifs is 7. The van der Waals surface area contributed by atoms with E-state index in [1.165, 1.54) is 16.9 Å². The van der Waals surface area contributed by atoms with E-state index in [9.17, 15) is 0 Å². The van der Waals surface area contributed by atoms with E-state index in [0.717, 1.165) is 62.5 Å². The largest absolute Gasteiger partial charge is 0.339 e. The number of rotatable bonds is 3. The van der Waals surface area contributed by atoms with Gasteiger partial charge in [0.15, 0.2) is 0 Å². The minimum Gasteiger partial charge on any atom is -0.339 e. The van der Waals surface area contributed by atoms with Crippen molar-refractivity contribution in [3.63, 3.8) is 0 Å². The summed E-state index contributed by atoms with van der Waals surface area (Å²) in [6, 6.07) is 19.7. The summed E-state index contributed by atoms with van der Waals surface area (Å²) in [5, 5.41) is 3.41. The van der Waals surface area contributed by atoms with Crippen molar-refractivity contribution in [2.45, 2.75) is 31.7 Å². The Morgan fingerprint density at radius 1 is 0.927 bits per heavy atom. The summed E-state index contributed by atoms with van der Waals surface area (Å²) in [6.45, 7) is 2.03. The molecule has 4 heteroatoms. The predicted octanol–water partition coefficient (Wildman–Crippen LogP) is 8.10. The number of nitrogens with two attached hydrogens (primary N) is 1. The molecule has 1 aliphatic heterocycles. The van der Waals surface area contributed by atoms with Crippen molar-refractivity contribution in [1.82, 2.24) is 9.24 Å². The average Bonchev–Trinajstić information content (AvgIpc) is 3.61. The van der Waals surface area contributed by atoms with E-state index in [4.69, 9.17) is 12.3 Å². The monoisotopic (exact) mass is 530 g/mol. The topological polar surface area (TPSA) is 39.1 Å². The van der Waals surface area contributed by atoms with Gasteiger partial charge in [0.05, 0.1) is 22.6 Å². The van der Waals surface area contributed by atoms with Crippen LogP contribution in [0.15, 0.2) is 109 Å². The van der Waals surface area contributed by atoms with Crippen molar-refractivity contribution in [3.8, 4) is 18.0 Å². The minimum atomic E-state index is 0.263. The molecule has 0 bridgehead atoms. The van der Waals surface area contributed by atoms with E-state index in [0.29, 0.717) is 0 Å². The molecule has 0 spiro atoms. The summed E-state index contributed by atoms with van der Waals surface area (Å²) in [6.07, 6.45) is 28.4. The Kier molecular flexibility index (Phi) is 5.17. The first-order valence-electron chi connectivity index (χ1n) is 14.3. The van der Waals surface area contributed by atoms with Crippen LogP contribution in [0, 0.1) is 12.3 Å². The highest BCUT2D eigenvalue weighted by molar-refractivity contribution is 6.15. The van der Waals surface area contributed by atoms with Gasteiger partial charge in [-0.15, -0.1) is 6.42 Å². The Hall–Kier alpha value is -5.14. The van der Waals surface area contributed by atoms with Crippen molar-refractivity contribution in [1.29, 1.82) is 0 Å². The zero-order chi connectivity index (χ0) is 27.7. The highest BCUT2D eigenvalue weighted by Crippen LogP contribution is 2.49. The number of nitrogens with zero attached hydrogens (tertiary/aromatic N) is 3. The van der Waals surface area contributed by atoms with Crippen LogP contribution in [-0.4, -0.2) is 15.3 Å². The fraction of sp³-hybridized carbons (Fsp3) is 0.135. The first-order valence-corrected chi connectivity index (χ1v) is 14.3. The van der Waals surface area contributed by atoms with Crippen molar-refractivity contribution >= 4 is 44.5 Å². The first kappa shape index (κ1) is 23.7. The van der Waals surface area contributed by atoms with Gasteiger partial charge in [-0.25, -0.2) is 0 Å². The Balaban J connectivity index is 1.44. The highest BCUT2D eigenvalue weighted by atomic mass is 15.3. The molecule has 0 radical (unpaired) electrons. The van der Waals surface area contributed by atoms with E-state index in [-0.39, 0.29) is 12.0 Å².